The van der Waals surface area contributed by atoms with Crippen LogP contribution in [-0.2, 0) is 9.63 Å². The summed E-state index contributed by atoms with van der Waals surface area (Å²) in [5, 5.41) is 10.8. The first kappa shape index (κ1) is 12.7. The first-order chi connectivity index (χ1) is 6.56. The predicted octanol–water partition coefficient (Wildman–Crippen LogP) is 0.490. The molecule has 6 nitrogen and oxygen atoms in total. The van der Waals surface area contributed by atoms with Gasteiger partial charge >= 0.3 is 12.0 Å². The summed E-state index contributed by atoms with van der Waals surface area (Å²) in [6.07, 6.45) is 1.84. The van der Waals surface area contributed by atoms with E-state index in [1.807, 2.05) is 19.3 Å². The lowest BCUT2D eigenvalue weighted by atomic mass is 10.2. The van der Waals surface area contributed by atoms with Crippen molar-refractivity contribution in [1.82, 2.24) is 10.8 Å². The number of urea groups is 1. The number of hydrogen-bond donors (Lipinski definition) is 3. The molecule has 0 fully saturated rings. The highest BCUT2D eigenvalue weighted by Gasteiger charge is 2.06. The number of hydroxylamine groups is 1. The maximum atomic E-state index is 11.0. The minimum absolute atomic E-state index is 0.0495. The zero-order valence-corrected chi connectivity index (χ0v) is 8.37. The van der Waals surface area contributed by atoms with E-state index in [-0.39, 0.29) is 6.04 Å². The molecule has 0 aromatic rings. The van der Waals surface area contributed by atoms with Gasteiger partial charge < -0.3 is 10.4 Å². The molecule has 3 N–H and O–H groups in total. The number of carboxylic acid groups (broad SMARTS) is 1. The van der Waals surface area contributed by atoms with Gasteiger partial charge in [-0.25, -0.2) is 15.1 Å². The molecule has 0 saturated heterocycles. The van der Waals surface area contributed by atoms with Gasteiger partial charge in [-0.3, -0.25) is 4.84 Å². The average molecular weight is 204 g/mol. The number of carbonyl (C=O) groups excluding carboxylic acids is 1. The molecule has 0 aliphatic heterocycles. The molecule has 0 heterocycles. The Morgan fingerprint density at radius 3 is 2.64 bits per heavy atom. The van der Waals surface area contributed by atoms with Crippen LogP contribution < -0.4 is 10.8 Å². The summed E-state index contributed by atoms with van der Waals surface area (Å²) in [6, 6.07) is -0.472. The van der Waals surface area contributed by atoms with Crippen LogP contribution in [0, 0.1) is 0 Å². The minimum Gasteiger partial charge on any atom is -0.479 e. The minimum atomic E-state index is -1.13. The molecule has 14 heavy (non-hydrogen) atoms. The van der Waals surface area contributed by atoms with Crippen LogP contribution in [0.25, 0.3) is 0 Å². The van der Waals surface area contributed by atoms with E-state index in [1.165, 1.54) is 0 Å². The Hall–Kier alpha value is -1.30. The van der Waals surface area contributed by atoms with Crippen molar-refractivity contribution in [3.8, 4) is 0 Å². The monoisotopic (exact) mass is 204 g/mol. The van der Waals surface area contributed by atoms with Gasteiger partial charge in [0.05, 0.1) is 0 Å². The largest absolute Gasteiger partial charge is 0.479 e. The fraction of sp³-hybridized carbons (Fsp3) is 0.750. The predicted molar refractivity (Wildman–Crippen MR) is 49.6 cm³/mol. The van der Waals surface area contributed by atoms with Crippen molar-refractivity contribution in [1.29, 1.82) is 0 Å². The lowest BCUT2D eigenvalue weighted by molar-refractivity contribution is -0.144. The van der Waals surface area contributed by atoms with Crippen molar-refractivity contribution >= 4 is 12.0 Å². The highest BCUT2D eigenvalue weighted by molar-refractivity contribution is 5.73. The quantitative estimate of drug-likeness (QED) is 0.549. The summed E-state index contributed by atoms with van der Waals surface area (Å²) in [6.45, 7) is 3.33. The topological polar surface area (TPSA) is 87.7 Å². The molecule has 0 spiro atoms. The van der Waals surface area contributed by atoms with Gasteiger partial charge in [0.2, 0.25) is 0 Å². The molecule has 0 aliphatic carbocycles. The molecular weight excluding hydrogens is 188 g/mol. The van der Waals surface area contributed by atoms with Gasteiger partial charge in [-0.15, -0.1) is 0 Å². The molecule has 0 radical (unpaired) electrons. The summed E-state index contributed by atoms with van der Waals surface area (Å²) in [5.41, 5.74) is 1.97. The Balaban J connectivity index is 3.50. The third kappa shape index (κ3) is 7.35. The molecule has 0 aliphatic rings. The second-order valence-corrected chi connectivity index (χ2v) is 2.95. The van der Waals surface area contributed by atoms with E-state index >= 15 is 0 Å². The van der Waals surface area contributed by atoms with Crippen molar-refractivity contribution < 1.29 is 19.5 Å². The Morgan fingerprint density at radius 1 is 1.50 bits per heavy atom. The first-order valence-corrected chi connectivity index (χ1v) is 4.46. The number of rotatable bonds is 6. The number of carboxylic acids is 1. The van der Waals surface area contributed by atoms with Crippen molar-refractivity contribution in [2.75, 3.05) is 6.61 Å². The Morgan fingerprint density at radius 2 is 2.14 bits per heavy atom. The second-order valence-electron chi connectivity index (χ2n) is 2.95. The normalized spacial score (nSPS) is 11.9. The van der Waals surface area contributed by atoms with Crippen molar-refractivity contribution in [3.05, 3.63) is 0 Å². The van der Waals surface area contributed by atoms with Gasteiger partial charge in [0.1, 0.15) is 0 Å². The van der Waals surface area contributed by atoms with Crippen molar-refractivity contribution in [3.63, 3.8) is 0 Å². The number of carbonyl (C=O) groups is 2. The molecule has 0 aromatic heterocycles. The number of hydrogen-bond acceptors (Lipinski definition) is 3. The molecule has 0 rings (SSSR count). The summed E-state index contributed by atoms with van der Waals surface area (Å²) in [5.74, 6) is -1.13. The van der Waals surface area contributed by atoms with Crippen LogP contribution in [0.4, 0.5) is 4.79 Å². The van der Waals surface area contributed by atoms with Gasteiger partial charge in [0, 0.05) is 6.04 Å². The van der Waals surface area contributed by atoms with E-state index in [0.29, 0.717) is 0 Å². The molecule has 0 bridgehead atoms. The molecule has 2 amide bonds. The van der Waals surface area contributed by atoms with E-state index in [0.717, 1.165) is 12.8 Å². The van der Waals surface area contributed by atoms with Crippen LogP contribution in [0.1, 0.15) is 26.7 Å². The lowest BCUT2D eigenvalue weighted by Crippen LogP contribution is -2.41. The van der Waals surface area contributed by atoms with Crippen LogP contribution in [0.15, 0.2) is 0 Å². The average Bonchev–Trinajstić information content (AvgIpc) is 2.03. The molecule has 1 unspecified atom stereocenters. The van der Waals surface area contributed by atoms with Gasteiger partial charge in [-0.2, -0.15) is 0 Å². The summed E-state index contributed by atoms with van der Waals surface area (Å²) in [4.78, 5) is 25.4. The van der Waals surface area contributed by atoms with Crippen LogP contribution in [0.3, 0.4) is 0 Å². The van der Waals surface area contributed by atoms with Crippen LogP contribution in [-0.4, -0.2) is 29.8 Å². The standard InChI is InChI=1S/C8H16N2O4/c1-3-4-6(2)9-8(13)10-14-5-7(11)12/h6H,3-5H2,1-2H3,(H,11,12)(H2,9,10,13). The Labute approximate surface area is 82.6 Å². The fourth-order valence-corrected chi connectivity index (χ4v) is 0.922. The molecule has 82 valence electrons. The number of aliphatic carboxylic acids is 1. The summed E-state index contributed by atoms with van der Waals surface area (Å²) in [7, 11) is 0. The highest BCUT2D eigenvalue weighted by Crippen LogP contribution is 1.93. The van der Waals surface area contributed by atoms with E-state index in [4.69, 9.17) is 5.11 Å². The molecule has 0 aromatic carbocycles. The molecule has 0 saturated carbocycles. The third-order valence-corrected chi connectivity index (χ3v) is 1.46. The van der Waals surface area contributed by atoms with Crippen LogP contribution in [0.5, 0.6) is 0 Å². The fourth-order valence-electron chi connectivity index (χ4n) is 0.922. The highest BCUT2D eigenvalue weighted by atomic mass is 16.7. The van der Waals surface area contributed by atoms with Crippen molar-refractivity contribution in [2.45, 2.75) is 32.7 Å². The smallest absolute Gasteiger partial charge is 0.338 e. The third-order valence-electron chi connectivity index (χ3n) is 1.46. The van der Waals surface area contributed by atoms with E-state index in [2.05, 4.69) is 10.2 Å². The van der Waals surface area contributed by atoms with Crippen LogP contribution in [0.2, 0.25) is 0 Å². The number of nitrogens with one attached hydrogen (secondary N) is 2. The van der Waals surface area contributed by atoms with Crippen LogP contribution >= 0.6 is 0 Å². The Bertz CT molecular complexity index is 196. The second kappa shape index (κ2) is 7.14. The molecule has 6 heteroatoms. The van der Waals surface area contributed by atoms with E-state index < -0.39 is 18.6 Å². The first-order valence-electron chi connectivity index (χ1n) is 4.46. The number of amides is 2. The van der Waals surface area contributed by atoms with Gasteiger partial charge in [-0.1, -0.05) is 13.3 Å². The maximum absolute atomic E-state index is 11.0. The van der Waals surface area contributed by atoms with Crippen molar-refractivity contribution in [2.24, 2.45) is 0 Å². The molecular formula is C8H16N2O4. The summed E-state index contributed by atoms with van der Waals surface area (Å²) >= 11 is 0. The Kier molecular flexibility index (Phi) is 6.47. The lowest BCUT2D eigenvalue weighted by Gasteiger charge is -2.12. The van der Waals surface area contributed by atoms with Gasteiger partial charge in [-0.05, 0) is 13.3 Å². The van der Waals surface area contributed by atoms with Gasteiger partial charge in [0.25, 0.3) is 0 Å². The van der Waals surface area contributed by atoms with E-state index in [9.17, 15) is 9.59 Å². The zero-order valence-electron chi connectivity index (χ0n) is 8.37. The SMILES string of the molecule is CCCC(C)NC(=O)NOCC(=O)O. The summed E-state index contributed by atoms with van der Waals surface area (Å²) < 4.78 is 0. The zero-order chi connectivity index (χ0) is 11.0. The van der Waals surface area contributed by atoms with Gasteiger partial charge in [0.15, 0.2) is 6.61 Å². The molecule has 1 atom stereocenters. The maximum Gasteiger partial charge on any atom is 0.338 e. The van der Waals surface area contributed by atoms with E-state index in [1.54, 1.807) is 0 Å².